The van der Waals surface area contributed by atoms with Crippen LogP contribution >= 0.6 is 27.3 Å². The zero-order chi connectivity index (χ0) is 13.0. The number of carbonyl (C=O) groups excluding carboxylic acids is 1. The summed E-state index contributed by atoms with van der Waals surface area (Å²) in [6.45, 7) is 1.57. The highest BCUT2D eigenvalue weighted by Gasteiger charge is 2.04. The molecule has 5 nitrogen and oxygen atoms in total. The minimum Gasteiger partial charge on any atom is -0.459 e. The van der Waals surface area contributed by atoms with Crippen molar-refractivity contribution in [1.29, 1.82) is 0 Å². The Balaban J connectivity index is 1.97. The van der Waals surface area contributed by atoms with Crippen molar-refractivity contribution < 1.29 is 9.53 Å². The number of nitrogens with zero attached hydrogens (tertiary/aromatic N) is 2. The van der Waals surface area contributed by atoms with E-state index in [4.69, 9.17) is 4.74 Å². The Hall–Kier alpha value is -1.47. The van der Waals surface area contributed by atoms with Crippen LogP contribution in [0.5, 0.6) is 0 Å². The molecule has 0 spiro atoms. The van der Waals surface area contributed by atoms with Gasteiger partial charge in [-0.3, -0.25) is 4.79 Å². The molecule has 2 heterocycles. The number of ether oxygens (including phenoxy) is 1. The van der Waals surface area contributed by atoms with Crippen molar-refractivity contribution in [3.8, 4) is 0 Å². The summed E-state index contributed by atoms with van der Waals surface area (Å²) in [4.78, 5) is 19.1. The highest BCUT2D eigenvalue weighted by molar-refractivity contribution is 9.10. The summed E-state index contributed by atoms with van der Waals surface area (Å²) in [5.74, 6) is 0.402. The molecule has 0 aromatic carbocycles. The lowest BCUT2D eigenvalue weighted by atomic mass is 10.5. The van der Waals surface area contributed by atoms with Crippen molar-refractivity contribution in [3.05, 3.63) is 33.9 Å². The Morgan fingerprint density at radius 1 is 1.56 bits per heavy atom. The lowest BCUT2D eigenvalue weighted by Crippen LogP contribution is -1.99. The first-order chi connectivity index (χ1) is 8.63. The first-order valence-corrected chi connectivity index (χ1v) is 6.77. The number of pyridine rings is 1. The fraction of sp³-hybridized carbons (Fsp3) is 0.182. The molecular formula is C11H10BrN3O2S. The zero-order valence-corrected chi connectivity index (χ0v) is 11.9. The first kappa shape index (κ1) is 13.0. The highest BCUT2D eigenvalue weighted by Crippen LogP contribution is 2.20. The number of esters is 1. The number of anilines is 2. The molecule has 0 radical (unpaired) electrons. The molecule has 0 aliphatic carbocycles. The van der Waals surface area contributed by atoms with E-state index in [1.54, 1.807) is 6.20 Å². The van der Waals surface area contributed by atoms with Crippen molar-refractivity contribution >= 4 is 44.2 Å². The van der Waals surface area contributed by atoms with E-state index in [0.29, 0.717) is 10.9 Å². The Bertz CT molecular complexity index is 541. The third-order valence-electron chi connectivity index (χ3n) is 1.94. The van der Waals surface area contributed by atoms with Gasteiger partial charge in [-0.2, -0.15) is 0 Å². The predicted octanol–water partition coefficient (Wildman–Crippen LogP) is 3.11. The quantitative estimate of drug-likeness (QED) is 0.874. The second-order valence-corrected chi connectivity index (χ2v) is 5.18. The fourth-order valence-electron chi connectivity index (χ4n) is 1.17. The molecule has 2 rings (SSSR count). The lowest BCUT2D eigenvalue weighted by Gasteiger charge is -2.01. The summed E-state index contributed by atoms with van der Waals surface area (Å²) in [7, 11) is 0. The Morgan fingerprint density at radius 3 is 3.06 bits per heavy atom. The van der Waals surface area contributed by atoms with E-state index in [0.717, 1.165) is 10.2 Å². The van der Waals surface area contributed by atoms with Crippen molar-refractivity contribution in [2.75, 3.05) is 5.32 Å². The average Bonchev–Trinajstić information content (AvgIpc) is 2.77. The normalized spacial score (nSPS) is 10.1. The molecule has 2 aromatic rings. The van der Waals surface area contributed by atoms with Gasteiger partial charge in [-0.1, -0.05) is 0 Å². The molecule has 0 fully saturated rings. The van der Waals surface area contributed by atoms with Crippen molar-refractivity contribution in [3.63, 3.8) is 0 Å². The number of aromatic nitrogens is 2. The molecule has 0 aliphatic rings. The molecule has 0 atom stereocenters. The van der Waals surface area contributed by atoms with Gasteiger partial charge >= 0.3 is 5.97 Å². The number of halogens is 1. The second-order valence-electron chi connectivity index (χ2n) is 3.41. The van der Waals surface area contributed by atoms with Crippen LogP contribution in [0.3, 0.4) is 0 Å². The molecule has 0 aliphatic heterocycles. The maximum atomic E-state index is 10.7. The summed E-state index contributed by atoms with van der Waals surface area (Å²) in [6.07, 6.45) is 1.70. The predicted molar refractivity (Wildman–Crippen MR) is 72.8 cm³/mol. The minimum absolute atomic E-state index is 0.196. The van der Waals surface area contributed by atoms with E-state index in [-0.39, 0.29) is 12.6 Å². The number of rotatable bonds is 4. The van der Waals surface area contributed by atoms with E-state index in [9.17, 15) is 4.79 Å². The molecule has 2 aromatic heterocycles. The molecule has 18 heavy (non-hydrogen) atoms. The van der Waals surface area contributed by atoms with Crippen LogP contribution in [0.1, 0.15) is 12.6 Å². The minimum atomic E-state index is -0.313. The van der Waals surface area contributed by atoms with Crippen LogP contribution in [-0.4, -0.2) is 15.9 Å². The van der Waals surface area contributed by atoms with Gasteiger partial charge in [0.25, 0.3) is 0 Å². The average molecular weight is 328 g/mol. The van der Waals surface area contributed by atoms with Crippen molar-refractivity contribution in [2.24, 2.45) is 0 Å². The van der Waals surface area contributed by atoms with Gasteiger partial charge < -0.3 is 10.1 Å². The molecule has 0 saturated heterocycles. The molecule has 0 unspecified atom stereocenters. The molecule has 1 N–H and O–H groups in total. The largest absolute Gasteiger partial charge is 0.459 e. The lowest BCUT2D eigenvalue weighted by molar-refractivity contribution is -0.142. The standard InChI is InChI=1S/C11H10BrN3O2S/c1-7(16)17-5-9-6-18-11(14-9)15-10-3-2-8(12)4-13-10/h2-4,6H,5H2,1H3,(H,13,14,15). The van der Waals surface area contributed by atoms with E-state index >= 15 is 0 Å². The van der Waals surface area contributed by atoms with E-state index in [2.05, 4.69) is 31.2 Å². The van der Waals surface area contributed by atoms with Gasteiger partial charge in [0.15, 0.2) is 5.13 Å². The Kier molecular flexibility index (Phi) is 4.27. The van der Waals surface area contributed by atoms with Gasteiger partial charge in [-0.05, 0) is 28.1 Å². The van der Waals surface area contributed by atoms with Crippen LogP contribution in [0.15, 0.2) is 28.2 Å². The van der Waals surface area contributed by atoms with Crippen LogP contribution < -0.4 is 5.32 Å². The van der Waals surface area contributed by atoms with Gasteiger partial charge in [0.1, 0.15) is 12.4 Å². The maximum Gasteiger partial charge on any atom is 0.303 e. The molecule has 0 saturated carbocycles. The monoisotopic (exact) mass is 327 g/mol. The van der Waals surface area contributed by atoms with E-state index in [1.807, 2.05) is 17.5 Å². The summed E-state index contributed by atoms with van der Waals surface area (Å²) < 4.78 is 5.78. The van der Waals surface area contributed by atoms with Gasteiger partial charge in [0.2, 0.25) is 0 Å². The Labute approximate surface area is 116 Å². The third kappa shape index (κ3) is 3.78. The van der Waals surface area contributed by atoms with E-state index < -0.39 is 0 Å². The zero-order valence-electron chi connectivity index (χ0n) is 9.51. The number of thiazole rings is 1. The third-order valence-corrected chi connectivity index (χ3v) is 3.21. The van der Waals surface area contributed by atoms with Crippen LogP contribution in [0.25, 0.3) is 0 Å². The fourth-order valence-corrected chi connectivity index (χ4v) is 2.10. The maximum absolute atomic E-state index is 10.7. The molecule has 7 heteroatoms. The topological polar surface area (TPSA) is 64.1 Å². The molecule has 0 amide bonds. The summed E-state index contributed by atoms with van der Waals surface area (Å²) in [6, 6.07) is 3.74. The summed E-state index contributed by atoms with van der Waals surface area (Å²) >= 11 is 4.75. The van der Waals surface area contributed by atoms with Crippen LogP contribution in [0.2, 0.25) is 0 Å². The molecular weight excluding hydrogens is 318 g/mol. The van der Waals surface area contributed by atoms with Gasteiger partial charge in [-0.15, -0.1) is 11.3 Å². The molecule has 94 valence electrons. The number of hydrogen-bond acceptors (Lipinski definition) is 6. The van der Waals surface area contributed by atoms with Crippen LogP contribution in [0, 0.1) is 0 Å². The SMILES string of the molecule is CC(=O)OCc1csc(Nc2ccc(Br)cn2)n1. The van der Waals surface area contributed by atoms with Crippen molar-refractivity contribution in [1.82, 2.24) is 9.97 Å². The van der Waals surface area contributed by atoms with Gasteiger partial charge in [0.05, 0.1) is 5.69 Å². The second kappa shape index (κ2) is 5.92. The first-order valence-electron chi connectivity index (χ1n) is 5.10. The molecule has 0 bridgehead atoms. The highest BCUT2D eigenvalue weighted by atomic mass is 79.9. The van der Waals surface area contributed by atoms with Gasteiger partial charge in [-0.25, -0.2) is 9.97 Å². The van der Waals surface area contributed by atoms with Crippen LogP contribution in [-0.2, 0) is 16.1 Å². The van der Waals surface area contributed by atoms with E-state index in [1.165, 1.54) is 18.3 Å². The number of nitrogens with one attached hydrogen (secondary N) is 1. The number of hydrogen-bond donors (Lipinski definition) is 1. The summed E-state index contributed by atoms with van der Waals surface area (Å²) in [5.41, 5.74) is 0.717. The smallest absolute Gasteiger partial charge is 0.303 e. The number of carbonyl (C=O) groups is 1. The summed E-state index contributed by atoms with van der Waals surface area (Å²) in [5, 5.41) is 5.63. The van der Waals surface area contributed by atoms with Crippen LogP contribution in [0.4, 0.5) is 10.9 Å². The van der Waals surface area contributed by atoms with Crippen molar-refractivity contribution in [2.45, 2.75) is 13.5 Å². The Morgan fingerprint density at radius 2 is 2.39 bits per heavy atom. The van der Waals surface area contributed by atoms with Gasteiger partial charge in [0, 0.05) is 23.0 Å².